The lowest BCUT2D eigenvalue weighted by molar-refractivity contribution is -0.143. The van der Waals surface area contributed by atoms with Crippen LogP contribution in [0.25, 0.3) is 0 Å². The van der Waals surface area contributed by atoms with Crippen LogP contribution in [-0.4, -0.2) is 55.5 Å². The van der Waals surface area contributed by atoms with Crippen LogP contribution in [0.4, 0.5) is 13.2 Å². The summed E-state index contributed by atoms with van der Waals surface area (Å²) in [6.07, 6.45) is -3.69. The Kier molecular flexibility index (Phi) is 6.87. The minimum absolute atomic E-state index is 0.0163. The molecule has 1 unspecified atom stereocenters. The molecule has 0 radical (unpaired) electrons. The molecule has 0 heterocycles. The predicted molar refractivity (Wildman–Crippen MR) is 52.7 cm³/mol. The van der Waals surface area contributed by atoms with Crippen LogP contribution >= 0.6 is 0 Å². The summed E-state index contributed by atoms with van der Waals surface area (Å²) in [6.45, 7) is 1.92. The van der Waals surface area contributed by atoms with E-state index in [4.69, 9.17) is 5.11 Å². The number of alkyl halides is 3. The van der Waals surface area contributed by atoms with Gasteiger partial charge in [-0.1, -0.05) is 6.92 Å². The molecule has 0 aliphatic heterocycles. The molecule has 0 aliphatic carbocycles. The maximum atomic E-state index is 12.0. The lowest BCUT2D eigenvalue weighted by Crippen LogP contribution is -2.43. The van der Waals surface area contributed by atoms with Gasteiger partial charge in [0.1, 0.15) is 0 Å². The molecule has 0 amide bonds. The highest BCUT2D eigenvalue weighted by atomic mass is 19.4. The number of nitrogens with zero attached hydrogens (tertiary/aromatic N) is 1. The molecule has 2 N–H and O–H groups in total. The van der Waals surface area contributed by atoms with Crippen molar-refractivity contribution in [3.8, 4) is 0 Å². The molecule has 6 heteroatoms. The van der Waals surface area contributed by atoms with Crippen LogP contribution in [0.1, 0.15) is 13.3 Å². The minimum Gasteiger partial charge on any atom is -0.396 e. The lowest BCUT2D eigenvalue weighted by atomic mass is 10.2. The van der Waals surface area contributed by atoms with Gasteiger partial charge in [0.15, 0.2) is 0 Å². The number of aliphatic hydroxyl groups is 1. The number of rotatable bonds is 7. The van der Waals surface area contributed by atoms with E-state index in [1.54, 1.807) is 0 Å². The summed E-state index contributed by atoms with van der Waals surface area (Å²) in [5, 5.41) is 11.8. The van der Waals surface area contributed by atoms with Crippen LogP contribution in [0.5, 0.6) is 0 Å². The first kappa shape index (κ1) is 14.7. The Morgan fingerprint density at radius 3 is 2.40 bits per heavy atom. The van der Waals surface area contributed by atoms with E-state index < -0.39 is 12.7 Å². The highest BCUT2D eigenvalue weighted by Gasteiger charge is 2.29. The van der Waals surface area contributed by atoms with Gasteiger partial charge in [0.2, 0.25) is 0 Å². The molecular weight excluding hydrogens is 209 g/mol. The van der Waals surface area contributed by atoms with Crippen LogP contribution in [-0.2, 0) is 0 Å². The molecule has 3 nitrogen and oxygen atoms in total. The highest BCUT2D eigenvalue weighted by molar-refractivity contribution is 4.71. The van der Waals surface area contributed by atoms with Crippen LogP contribution < -0.4 is 5.32 Å². The van der Waals surface area contributed by atoms with Crippen LogP contribution in [0, 0.1) is 0 Å². The molecule has 1 atom stereocenters. The highest BCUT2D eigenvalue weighted by Crippen LogP contribution is 2.15. The van der Waals surface area contributed by atoms with Gasteiger partial charge in [-0.2, -0.15) is 13.2 Å². The van der Waals surface area contributed by atoms with Crippen LogP contribution in [0.3, 0.4) is 0 Å². The molecule has 0 saturated carbocycles. The maximum absolute atomic E-state index is 12.0. The van der Waals surface area contributed by atoms with Gasteiger partial charge in [-0.15, -0.1) is 0 Å². The first-order chi connectivity index (χ1) is 6.89. The molecular formula is C9H19F3N2O. The molecule has 0 bridgehead atoms. The Labute approximate surface area is 88.3 Å². The van der Waals surface area contributed by atoms with Gasteiger partial charge in [-0.3, -0.25) is 4.90 Å². The molecule has 0 aliphatic rings. The summed E-state index contributed by atoms with van der Waals surface area (Å²) in [5.74, 6) is 0. The first-order valence-electron chi connectivity index (χ1n) is 4.98. The second-order valence-electron chi connectivity index (χ2n) is 3.58. The average molecular weight is 228 g/mol. The Balaban J connectivity index is 3.93. The van der Waals surface area contributed by atoms with Crippen molar-refractivity contribution in [1.82, 2.24) is 10.2 Å². The van der Waals surface area contributed by atoms with E-state index in [0.29, 0.717) is 13.0 Å². The average Bonchev–Trinajstić information content (AvgIpc) is 2.00. The number of halogens is 3. The summed E-state index contributed by atoms with van der Waals surface area (Å²) in [7, 11) is 1.43. The van der Waals surface area contributed by atoms with E-state index >= 15 is 0 Å². The molecule has 92 valence electrons. The Morgan fingerprint density at radius 1 is 1.40 bits per heavy atom. The Hall–Kier alpha value is -0.330. The molecule has 0 spiro atoms. The number of aliphatic hydroxyl groups excluding tert-OH is 1. The van der Waals surface area contributed by atoms with Gasteiger partial charge in [0, 0.05) is 19.2 Å². The normalized spacial score (nSPS) is 14.6. The van der Waals surface area contributed by atoms with Gasteiger partial charge in [0.05, 0.1) is 6.54 Å². The van der Waals surface area contributed by atoms with Crippen molar-refractivity contribution in [3.05, 3.63) is 0 Å². The fourth-order valence-corrected chi connectivity index (χ4v) is 1.45. The van der Waals surface area contributed by atoms with Gasteiger partial charge in [-0.05, 0) is 20.0 Å². The molecule has 0 aromatic rings. The monoisotopic (exact) mass is 228 g/mol. The summed E-state index contributed by atoms with van der Waals surface area (Å²) in [5.41, 5.74) is 0. The zero-order chi connectivity index (χ0) is 11.9. The predicted octanol–water partition coefficient (Wildman–Crippen LogP) is 0.841. The third-order valence-electron chi connectivity index (χ3n) is 1.95. The molecule has 0 aromatic heterocycles. The van der Waals surface area contributed by atoms with E-state index in [0.717, 1.165) is 0 Å². The largest absolute Gasteiger partial charge is 0.401 e. The van der Waals surface area contributed by atoms with Crippen molar-refractivity contribution in [2.24, 2.45) is 0 Å². The minimum atomic E-state index is -4.16. The van der Waals surface area contributed by atoms with Crippen molar-refractivity contribution in [2.45, 2.75) is 25.6 Å². The fraction of sp³-hybridized carbons (Fsp3) is 1.00. The van der Waals surface area contributed by atoms with Crippen molar-refractivity contribution < 1.29 is 18.3 Å². The number of likely N-dealkylation sites (N-methyl/N-ethyl adjacent to an activating group) is 2. The molecule has 0 aromatic carbocycles. The first-order valence-corrected chi connectivity index (χ1v) is 4.98. The summed E-state index contributed by atoms with van der Waals surface area (Å²) < 4.78 is 36.1. The summed E-state index contributed by atoms with van der Waals surface area (Å²) in [6, 6.07) is -0.0904. The standard InChI is InChI=1S/C9H19F3N2O/c1-3-13-8(4-5-15)6-14(2)7-9(10,11)12/h8,13,15H,3-7H2,1-2H3. The van der Waals surface area contributed by atoms with Gasteiger partial charge in [-0.25, -0.2) is 0 Å². The van der Waals surface area contributed by atoms with Gasteiger partial charge >= 0.3 is 6.18 Å². The fourth-order valence-electron chi connectivity index (χ4n) is 1.45. The second kappa shape index (κ2) is 7.03. The van der Waals surface area contributed by atoms with Gasteiger partial charge in [0.25, 0.3) is 0 Å². The Bertz CT molecular complexity index is 158. The molecule has 0 saturated heterocycles. The third-order valence-corrected chi connectivity index (χ3v) is 1.95. The molecule has 0 fully saturated rings. The van der Waals surface area contributed by atoms with Crippen molar-refractivity contribution in [3.63, 3.8) is 0 Å². The quantitative estimate of drug-likeness (QED) is 0.678. The molecule has 15 heavy (non-hydrogen) atoms. The van der Waals surface area contributed by atoms with Crippen molar-refractivity contribution in [1.29, 1.82) is 0 Å². The van der Waals surface area contributed by atoms with Gasteiger partial charge < -0.3 is 10.4 Å². The van der Waals surface area contributed by atoms with Crippen LogP contribution in [0.2, 0.25) is 0 Å². The lowest BCUT2D eigenvalue weighted by Gasteiger charge is -2.24. The maximum Gasteiger partial charge on any atom is 0.401 e. The van der Waals surface area contributed by atoms with E-state index in [2.05, 4.69) is 5.32 Å². The van der Waals surface area contributed by atoms with E-state index in [-0.39, 0.29) is 19.2 Å². The smallest absolute Gasteiger partial charge is 0.396 e. The van der Waals surface area contributed by atoms with E-state index in [9.17, 15) is 13.2 Å². The SMILES string of the molecule is CCNC(CCO)CN(C)CC(F)(F)F. The number of nitrogens with one attached hydrogen (secondary N) is 1. The van der Waals surface area contributed by atoms with Crippen molar-refractivity contribution in [2.75, 3.05) is 33.3 Å². The second-order valence-corrected chi connectivity index (χ2v) is 3.58. The third kappa shape index (κ3) is 8.65. The number of hydrogen-bond acceptors (Lipinski definition) is 3. The Morgan fingerprint density at radius 2 is 2.00 bits per heavy atom. The summed E-state index contributed by atoms with van der Waals surface area (Å²) >= 11 is 0. The van der Waals surface area contributed by atoms with Crippen molar-refractivity contribution >= 4 is 0 Å². The summed E-state index contributed by atoms with van der Waals surface area (Å²) in [4.78, 5) is 1.21. The zero-order valence-corrected chi connectivity index (χ0v) is 9.14. The molecule has 0 rings (SSSR count). The zero-order valence-electron chi connectivity index (χ0n) is 9.14. The number of hydrogen-bond donors (Lipinski definition) is 2. The van der Waals surface area contributed by atoms with Crippen LogP contribution in [0.15, 0.2) is 0 Å². The van der Waals surface area contributed by atoms with E-state index in [1.807, 2.05) is 6.92 Å². The van der Waals surface area contributed by atoms with E-state index in [1.165, 1.54) is 11.9 Å². The topological polar surface area (TPSA) is 35.5 Å².